The number of aromatic nitrogens is 1. The van der Waals surface area contributed by atoms with Gasteiger partial charge in [0.05, 0.1) is 5.52 Å². The normalized spacial score (nSPS) is 12.7. The summed E-state index contributed by atoms with van der Waals surface area (Å²) in [4.78, 5) is 13.5. The number of aliphatic hydroxyl groups is 1. The lowest BCUT2D eigenvalue weighted by atomic mass is 10.0. The fraction of sp³-hybridized carbons (Fsp3) is 0.0714. The van der Waals surface area contributed by atoms with Gasteiger partial charge < -0.3 is 9.52 Å². The molecule has 3 rings (SSSR count). The molecule has 0 saturated heterocycles. The van der Waals surface area contributed by atoms with Crippen LogP contribution in [0.25, 0.3) is 11.1 Å². The Bertz CT molecular complexity index is 790. The molecular weight excluding hydrogens is 249 g/mol. The number of halogens is 1. The lowest BCUT2D eigenvalue weighted by Gasteiger charge is -2.11. The molecule has 3 aromatic rings. The number of fused-ring (bicyclic) bond motifs is 1. The third kappa shape index (κ3) is 2.04. The number of hydrogen-bond acceptors (Lipinski definition) is 3. The number of H-pyrrole nitrogens is 1. The molecule has 19 heavy (non-hydrogen) atoms. The van der Waals surface area contributed by atoms with E-state index in [1.165, 1.54) is 18.2 Å². The quantitative estimate of drug-likeness (QED) is 0.742. The SMILES string of the molecule is O=c1[nH]c2ccc(C(O)c3ccccc3F)cc2o1. The number of hydrogen-bond donors (Lipinski definition) is 2. The van der Waals surface area contributed by atoms with Gasteiger partial charge in [0.1, 0.15) is 11.9 Å². The largest absolute Gasteiger partial charge is 0.417 e. The van der Waals surface area contributed by atoms with Crippen molar-refractivity contribution in [2.24, 2.45) is 0 Å². The molecule has 0 aliphatic carbocycles. The van der Waals surface area contributed by atoms with Crippen LogP contribution in [0.5, 0.6) is 0 Å². The molecule has 0 saturated carbocycles. The minimum Gasteiger partial charge on any atom is -0.408 e. The Balaban J connectivity index is 2.08. The molecular formula is C14H10FNO3. The lowest BCUT2D eigenvalue weighted by Crippen LogP contribution is -2.02. The monoisotopic (exact) mass is 259 g/mol. The van der Waals surface area contributed by atoms with Crippen molar-refractivity contribution >= 4 is 11.1 Å². The molecule has 5 heteroatoms. The fourth-order valence-corrected chi connectivity index (χ4v) is 2.01. The summed E-state index contributed by atoms with van der Waals surface area (Å²) in [6.45, 7) is 0. The van der Waals surface area contributed by atoms with Crippen LogP contribution < -0.4 is 5.76 Å². The average molecular weight is 259 g/mol. The zero-order chi connectivity index (χ0) is 13.4. The van der Waals surface area contributed by atoms with Crippen molar-refractivity contribution in [2.45, 2.75) is 6.10 Å². The number of oxazole rings is 1. The molecule has 0 amide bonds. The van der Waals surface area contributed by atoms with Crippen molar-refractivity contribution in [3.63, 3.8) is 0 Å². The molecule has 0 fully saturated rings. The molecule has 0 spiro atoms. The smallest absolute Gasteiger partial charge is 0.408 e. The molecule has 0 radical (unpaired) electrons. The summed E-state index contributed by atoms with van der Waals surface area (Å²) in [5.41, 5.74) is 1.51. The van der Waals surface area contributed by atoms with E-state index in [0.29, 0.717) is 16.7 Å². The number of aromatic amines is 1. The van der Waals surface area contributed by atoms with Crippen LogP contribution in [-0.2, 0) is 0 Å². The van der Waals surface area contributed by atoms with Gasteiger partial charge in [-0.05, 0) is 23.8 Å². The van der Waals surface area contributed by atoms with Crippen LogP contribution in [0.2, 0.25) is 0 Å². The number of benzene rings is 2. The summed E-state index contributed by atoms with van der Waals surface area (Å²) in [6.07, 6.45) is -1.11. The summed E-state index contributed by atoms with van der Waals surface area (Å²) in [7, 11) is 0. The first-order valence-corrected chi connectivity index (χ1v) is 5.70. The van der Waals surface area contributed by atoms with Crippen molar-refractivity contribution < 1.29 is 13.9 Å². The zero-order valence-electron chi connectivity index (χ0n) is 9.76. The highest BCUT2D eigenvalue weighted by atomic mass is 19.1. The highest BCUT2D eigenvalue weighted by Crippen LogP contribution is 2.26. The molecule has 1 unspecified atom stereocenters. The van der Waals surface area contributed by atoms with Crippen LogP contribution in [0.1, 0.15) is 17.2 Å². The van der Waals surface area contributed by atoms with Gasteiger partial charge in [0.25, 0.3) is 0 Å². The molecule has 1 aromatic heterocycles. The first-order chi connectivity index (χ1) is 9.15. The minimum atomic E-state index is -1.11. The first kappa shape index (κ1) is 11.7. The molecule has 1 heterocycles. The molecule has 0 aliphatic heterocycles. The molecule has 0 bridgehead atoms. The molecule has 2 aromatic carbocycles. The highest BCUT2D eigenvalue weighted by molar-refractivity contribution is 5.73. The zero-order valence-corrected chi connectivity index (χ0v) is 9.76. The van der Waals surface area contributed by atoms with Crippen LogP contribution in [0.3, 0.4) is 0 Å². The standard InChI is InChI=1S/C14H10FNO3/c15-10-4-2-1-3-9(10)13(17)8-5-6-11-12(7-8)19-14(18)16-11/h1-7,13,17H,(H,16,18). The summed E-state index contributed by atoms with van der Waals surface area (Å²) in [5, 5.41) is 10.2. The fourth-order valence-electron chi connectivity index (χ4n) is 2.01. The Morgan fingerprint density at radius 1 is 1.21 bits per heavy atom. The van der Waals surface area contributed by atoms with E-state index in [0.717, 1.165) is 0 Å². The predicted octanol–water partition coefficient (Wildman–Crippen LogP) is 2.34. The van der Waals surface area contributed by atoms with Gasteiger partial charge in [-0.1, -0.05) is 24.3 Å². The van der Waals surface area contributed by atoms with Gasteiger partial charge in [-0.2, -0.15) is 0 Å². The number of rotatable bonds is 2. The van der Waals surface area contributed by atoms with Crippen LogP contribution in [-0.4, -0.2) is 10.1 Å². The number of nitrogens with one attached hydrogen (secondary N) is 1. The Labute approximate surface area is 107 Å². The van der Waals surface area contributed by atoms with Crippen molar-refractivity contribution in [2.75, 3.05) is 0 Å². The van der Waals surface area contributed by atoms with Gasteiger partial charge in [0.15, 0.2) is 5.58 Å². The van der Waals surface area contributed by atoms with Gasteiger partial charge in [0.2, 0.25) is 0 Å². The van der Waals surface area contributed by atoms with E-state index in [9.17, 15) is 14.3 Å². The molecule has 1 atom stereocenters. The number of aliphatic hydroxyl groups excluding tert-OH is 1. The van der Waals surface area contributed by atoms with Crippen molar-refractivity contribution in [3.8, 4) is 0 Å². The Morgan fingerprint density at radius 2 is 2.00 bits per heavy atom. The van der Waals surface area contributed by atoms with E-state index in [-0.39, 0.29) is 5.56 Å². The molecule has 0 aliphatic rings. The van der Waals surface area contributed by atoms with Gasteiger partial charge in [-0.3, -0.25) is 4.98 Å². The van der Waals surface area contributed by atoms with E-state index in [1.54, 1.807) is 24.3 Å². The van der Waals surface area contributed by atoms with Crippen molar-refractivity contribution in [3.05, 3.63) is 70.0 Å². The van der Waals surface area contributed by atoms with Gasteiger partial charge >= 0.3 is 5.76 Å². The Kier molecular flexibility index (Phi) is 2.68. The van der Waals surface area contributed by atoms with Crippen molar-refractivity contribution in [1.29, 1.82) is 0 Å². The van der Waals surface area contributed by atoms with Gasteiger partial charge in [0, 0.05) is 5.56 Å². The maximum Gasteiger partial charge on any atom is 0.417 e. The molecule has 2 N–H and O–H groups in total. The summed E-state index contributed by atoms with van der Waals surface area (Å²) in [5.74, 6) is -1.04. The van der Waals surface area contributed by atoms with E-state index in [2.05, 4.69) is 4.98 Å². The summed E-state index contributed by atoms with van der Waals surface area (Å²) in [6, 6.07) is 10.7. The van der Waals surface area contributed by atoms with E-state index in [4.69, 9.17) is 4.42 Å². The second-order valence-electron chi connectivity index (χ2n) is 4.19. The Morgan fingerprint density at radius 3 is 2.79 bits per heavy atom. The van der Waals surface area contributed by atoms with Crippen LogP contribution in [0.4, 0.5) is 4.39 Å². The van der Waals surface area contributed by atoms with E-state index < -0.39 is 17.7 Å². The van der Waals surface area contributed by atoms with Gasteiger partial charge in [-0.25, -0.2) is 9.18 Å². The topological polar surface area (TPSA) is 66.2 Å². The average Bonchev–Trinajstić information content (AvgIpc) is 2.77. The van der Waals surface area contributed by atoms with Crippen LogP contribution >= 0.6 is 0 Å². The second-order valence-corrected chi connectivity index (χ2v) is 4.19. The lowest BCUT2D eigenvalue weighted by molar-refractivity contribution is 0.215. The van der Waals surface area contributed by atoms with E-state index in [1.807, 2.05) is 0 Å². The first-order valence-electron chi connectivity index (χ1n) is 5.70. The van der Waals surface area contributed by atoms with E-state index >= 15 is 0 Å². The maximum atomic E-state index is 13.6. The summed E-state index contributed by atoms with van der Waals surface area (Å²) >= 11 is 0. The second kappa shape index (κ2) is 4.37. The molecule has 4 nitrogen and oxygen atoms in total. The predicted molar refractivity (Wildman–Crippen MR) is 67.3 cm³/mol. The third-order valence-electron chi connectivity index (χ3n) is 2.96. The third-order valence-corrected chi connectivity index (χ3v) is 2.96. The van der Waals surface area contributed by atoms with Crippen LogP contribution in [0, 0.1) is 5.82 Å². The van der Waals surface area contributed by atoms with Crippen molar-refractivity contribution in [1.82, 2.24) is 4.98 Å². The highest BCUT2D eigenvalue weighted by Gasteiger charge is 2.15. The summed E-state index contributed by atoms with van der Waals surface area (Å²) < 4.78 is 18.5. The maximum absolute atomic E-state index is 13.6. The molecule has 96 valence electrons. The van der Waals surface area contributed by atoms with Crippen LogP contribution in [0.15, 0.2) is 51.7 Å². The Hall–Kier alpha value is -2.40. The van der Waals surface area contributed by atoms with Gasteiger partial charge in [-0.15, -0.1) is 0 Å². The minimum absolute atomic E-state index is 0.180.